The zero-order chi connectivity index (χ0) is 19.8. The van der Waals surface area contributed by atoms with Gasteiger partial charge in [0.25, 0.3) is 0 Å². The van der Waals surface area contributed by atoms with Gasteiger partial charge in [-0.1, -0.05) is 39.3 Å². The summed E-state index contributed by atoms with van der Waals surface area (Å²) in [4.78, 5) is 2.35. The van der Waals surface area contributed by atoms with E-state index in [9.17, 15) is 5.11 Å². The van der Waals surface area contributed by atoms with Gasteiger partial charge in [-0.3, -0.25) is 4.90 Å². The zero-order valence-electron chi connectivity index (χ0n) is 18.1. The Hall–Kier alpha value is -1.32. The molecule has 0 atom stereocenters. The highest BCUT2D eigenvalue weighted by atomic mass is 16.5. The number of hydrogen-bond donors (Lipinski definition) is 1. The van der Waals surface area contributed by atoms with Crippen LogP contribution in [0.2, 0.25) is 0 Å². The van der Waals surface area contributed by atoms with Crippen LogP contribution in [0.1, 0.15) is 77.3 Å². The number of rotatable bonds is 9. The minimum atomic E-state index is 0.416. The molecule has 2 rings (SSSR count). The van der Waals surface area contributed by atoms with Crippen molar-refractivity contribution in [3.63, 3.8) is 0 Å². The molecule has 1 aliphatic rings. The van der Waals surface area contributed by atoms with Crippen LogP contribution < -0.4 is 0 Å². The average molecular weight is 374 g/mol. The van der Waals surface area contributed by atoms with E-state index in [1.807, 2.05) is 13.2 Å². The van der Waals surface area contributed by atoms with Crippen LogP contribution in [0.3, 0.4) is 0 Å². The molecule has 0 radical (unpaired) electrons. The Morgan fingerprint density at radius 1 is 1.04 bits per heavy atom. The third kappa shape index (κ3) is 5.58. The van der Waals surface area contributed by atoms with E-state index in [1.165, 1.54) is 36.8 Å². The second-order valence-corrected chi connectivity index (χ2v) is 7.73. The lowest BCUT2D eigenvalue weighted by atomic mass is 9.78. The minimum Gasteiger partial charge on any atom is -0.508 e. The summed E-state index contributed by atoms with van der Waals surface area (Å²) in [7, 11) is 1.84. The number of phenolic OH excluding ortho intramolecular Hbond substituents is 1. The molecule has 1 N–H and O–H groups in total. The molecule has 1 aliphatic carbocycles. The van der Waals surface area contributed by atoms with Gasteiger partial charge in [0.15, 0.2) is 0 Å². The van der Waals surface area contributed by atoms with E-state index in [0.29, 0.717) is 17.8 Å². The summed E-state index contributed by atoms with van der Waals surface area (Å²) in [5.41, 5.74) is 5.44. The van der Waals surface area contributed by atoms with Gasteiger partial charge < -0.3 is 9.84 Å². The Bertz CT molecular complexity index is 611. The zero-order valence-corrected chi connectivity index (χ0v) is 18.1. The SMILES string of the molecule is CCC(=C(CC)C1CCC(OC)CC1)c1ccc(O)c(CN(CC)CC)c1. The first-order chi connectivity index (χ1) is 13.1. The summed E-state index contributed by atoms with van der Waals surface area (Å²) in [6, 6.07) is 6.22. The highest BCUT2D eigenvalue weighted by Crippen LogP contribution is 2.38. The van der Waals surface area contributed by atoms with E-state index >= 15 is 0 Å². The number of phenols is 1. The normalized spacial score (nSPS) is 21.4. The van der Waals surface area contributed by atoms with Gasteiger partial charge in [-0.25, -0.2) is 0 Å². The molecular formula is C24H39NO2. The van der Waals surface area contributed by atoms with Gasteiger partial charge in [0, 0.05) is 19.2 Å². The highest BCUT2D eigenvalue weighted by molar-refractivity contribution is 5.70. The molecule has 0 spiro atoms. The van der Waals surface area contributed by atoms with Crippen molar-refractivity contribution in [2.75, 3.05) is 20.2 Å². The van der Waals surface area contributed by atoms with Crippen LogP contribution in [-0.2, 0) is 11.3 Å². The van der Waals surface area contributed by atoms with Crippen molar-refractivity contribution in [3.8, 4) is 5.75 Å². The molecule has 0 heterocycles. The van der Waals surface area contributed by atoms with Crippen LogP contribution >= 0.6 is 0 Å². The molecule has 152 valence electrons. The summed E-state index contributed by atoms with van der Waals surface area (Å²) >= 11 is 0. The first-order valence-electron chi connectivity index (χ1n) is 10.9. The number of nitrogens with zero attached hydrogens (tertiary/aromatic N) is 1. The van der Waals surface area contributed by atoms with Gasteiger partial charge in [0.1, 0.15) is 5.75 Å². The predicted molar refractivity (Wildman–Crippen MR) is 115 cm³/mol. The molecule has 0 bridgehead atoms. The fourth-order valence-electron chi connectivity index (χ4n) is 4.60. The van der Waals surface area contributed by atoms with E-state index < -0.39 is 0 Å². The Kier molecular flexibility index (Phi) is 8.85. The number of ether oxygens (including phenoxy) is 1. The number of hydrogen-bond acceptors (Lipinski definition) is 3. The number of allylic oxidation sites excluding steroid dienone is 2. The molecule has 1 saturated carbocycles. The summed E-state index contributed by atoms with van der Waals surface area (Å²) < 4.78 is 5.56. The van der Waals surface area contributed by atoms with Crippen LogP contribution in [0.25, 0.3) is 5.57 Å². The topological polar surface area (TPSA) is 32.7 Å². The third-order valence-corrected chi connectivity index (χ3v) is 6.34. The lowest BCUT2D eigenvalue weighted by Gasteiger charge is -2.31. The monoisotopic (exact) mass is 373 g/mol. The maximum atomic E-state index is 10.4. The van der Waals surface area contributed by atoms with Crippen molar-refractivity contribution in [3.05, 3.63) is 34.9 Å². The molecule has 1 fully saturated rings. The molecule has 0 amide bonds. The van der Waals surface area contributed by atoms with Crippen LogP contribution in [0, 0.1) is 5.92 Å². The number of aromatic hydroxyl groups is 1. The van der Waals surface area contributed by atoms with Crippen LogP contribution in [0.5, 0.6) is 5.75 Å². The largest absolute Gasteiger partial charge is 0.508 e. The van der Waals surface area contributed by atoms with Gasteiger partial charge in [0.2, 0.25) is 0 Å². The van der Waals surface area contributed by atoms with E-state index in [2.05, 4.69) is 44.7 Å². The van der Waals surface area contributed by atoms with Gasteiger partial charge >= 0.3 is 0 Å². The molecule has 0 saturated heterocycles. The summed E-state index contributed by atoms with van der Waals surface area (Å²) in [6.45, 7) is 11.7. The molecule has 3 nitrogen and oxygen atoms in total. The first kappa shape index (κ1) is 22.0. The van der Waals surface area contributed by atoms with Crippen molar-refractivity contribution >= 4 is 5.57 Å². The van der Waals surface area contributed by atoms with E-state index in [4.69, 9.17) is 4.74 Å². The summed E-state index contributed by atoms with van der Waals surface area (Å²) in [6.07, 6.45) is 7.40. The summed E-state index contributed by atoms with van der Waals surface area (Å²) in [5.74, 6) is 1.09. The van der Waals surface area contributed by atoms with Crippen molar-refractivity contribution in [1.29, 1.82) is 0 Å². The average Bonchev–Trinajstić information content (AvgIpc) is 2.71. The maximum absolute atomic E-state index is 10.4. The van der Waals surface area contributed by atoms with E-state index in [-0.39, 0.29) is 0 Å². The van der Waals surface area contributed by atoms with Crippen molar-refractivity contribution in [2.45, 2.75) is 78.9 Å². The maximum Gasteiger partial charge on any atom is 0.120 e. The van der Waals surface area contributed by atoms with Crippen LogP contribution in [0.15, 0.2) is 23.8 Å². The Morgan fingerprint density at radius 2 is 1.70 bits per heavy atom. The van der Waals surface area contributed by atoms with Crippen LogP contribution in [0.4, 0.5) is 0 Å². The van der Waals surface area contributed by atoms with Crippen molar-refractivity contribution < 1.29 is 9.84 Å². The molecule has 1 aromatic rings. The fraction of sp³-hybridized carbons (Fsp3) is 0.667. The van der Waals surface area contributed by atoms with Gasteiger partial charge in [0.05, 0.1) is 6.10 Å². The highest BCUT2D eigenvalue weighted by Gasteiger charge is 2.25. The van der Waals surface area contributed by atoms with E-state index in [0.717, 1.165) is 38.0 Å². The second kappa shape index (κ2) is 10.9. The van der Waals surface area contributed by atoms with Crippen molar-refractivity contribution in [1.82, 2.24) is 4.90 Å². The summed E-state index contributed by atoms with van der Waals surface area (Å²) in [5, 5.41) is 10.4. The molecule has 0 aromatic heterocycles. The molecule has 3 heteroatoms. The Balaban J connectivity index is 2.32. The second-order valence-electron chi connectivity index (χ2n) is 7.73. The number of benzene rings is 1. The molecule has 1 aromatic carbocycles. The first-order valence-corrected chi connectivity index (χ1v) is 10.9. The molecule has 0 aliphatic heterocycles. The lowest BCUT2D eigenvalue weighted by molar-refractivity contribution is 0.0611. The van der Waals surface area contributed by atoms with Crippen LogP contribution in [-0.4, -0.2) is 36.3 Å². The smallest absolute Gasteiger partial charge is 0.120 e. The van der Waals surface area contributed by atoms with Crippen molar-refractivity contribution in [2.24, 2.45) is 5.92 Å². The lowest BCUT2D eigenvalue weighted by Crippen LogP contribution is -2.22. The number of methoxy groups -OCH3 is 1. The minimum absolute atomic E-state index is 0.416. The predicted octanol–water partition coefficient (Wildman–Crippen LogP) is 6.01. The molecule has 0 unspecified atom stereocenters. The quantitative estimate of drug-likeness (QED) is 0.575. The standard InChI is InChI=1S/C24H39NO2/c1-6-22(18-10-13-21(27-5)14-11-18)23(7-2)19-12-15-24(26)20(16-19)17-25(8-3)9-4/h12,15-16,18,21,26H,6-11,13-14,17H2,1-5H3. The third-order valence-electron chi connectivity index (χ3n) is 6.34. The fourth-order valence-corrected chi connectivity index (χ4v) is 4.60. The Labute approximate surface area is 166 Å². The molecule has 27 heavy (non-hydrogen) atoms. The van der Waals surface area contributed by atoms with Gasteiger partial charge in [-0.05, 0) is 80.8 Å². The van der Waals surface area contributed by atoms with E-state index in [1.54, 1.807) is 5.57 Å². The Morgan fingerprint density at radius 3 is 2.22 bits per heavy atom. The van der Waals surface area contributed by atoms with Gasteiger partial charge in [-0.15, -0.1) is 0 Å². The molecular weight excluding hydrogens is 334 g/mol. The van der Waals surface area contributed by atoms with Gasteiger partial charge in [-0.2, -0.15) is 0 Å².